The van der Waals surface area contributed by atoms with E-state index in [2.05, 4.69) is 26.6 Å². The van der Waals surface area contributed by atoms with Gasteiger partial charge in [-0.2, -0.15) is 0 Å². The number of ether oxygens (including phenoxy) is 1. The van der Waals surface area contributed by atoms with Gasteiger partial charge in [-0.1, -0.05) is 90.4 Å². The van der Waals surface area contributed by atoms with Crippen LogP contribution in [0.1, 0.15) is 96.8 Å². The molecule has 0 aromatic rings. The van der Waals surface area contributed by atoms with E-state index in [-0.39, 0.29) is 0 Å². The van der Waals surface area contributed by atoms with Gasteiger partial charge in [0.25, 0.3) is 0 Å². The average Bonchev–Trinajstić information content (AvgIpc) is 2.52. The lowest BCUT2D eigenvalue weighted by Crippen LogP contribution is -2.27. The van der Waals surface area contributed by atoms with E-state index in [1.165, 1.54) is 89.9 Å². The van der Waals surface area contributed by atoms with Gasteiger partial charge in [-0.25, -0.2) is 0 Å². The molecule has 24 heavy (non-hydrogen) atoms. The van der Waals surface area contributed by atoms with Crippen molar-refractivity contribution in [3.8, 4) is 0 Å². The van der Waals surface area contributed by atoms with Crippen LogP contribution >= 0.6 is 0 Å². The lowest BCUT2D eigenvalue weighted by Gasteiger charge is -2.16. The summed E-state index contributed by atoms with van der Waals surface area (Å²) in [5.74, 6) is 0. The molecule has 0 aliphatic carbocycles. The largest absolute Gasteiger partial charge is 0.415 e. The monoisotopic (exact) mass is 358 g/mol. The third-order valence-electron chi connectivity index (χ3n) is 4.40. The van der Waals surface area contributed by atoms with E-state index in [1.807, 2.05) is 0 Å². The van der Waals surface area contributed by atoms with Gasteiger partial charge in [0.05, 0.1) is 13.2 Å². The summed E-state index contributed by atoms with van der Waals surface area (Å²) in [5.41, 5.74) is 0. The zero-order valence-corrected chi connectivity index (χ0v) is 18.3. The summed E-state index contributed by atoms with van der Waals surface area (Å²) in [6.45, 7) is 11.4. The summed E-state index contributed by atoms with van der Waals surface area (Å²) in [6, 6.07) is 0. The fourth-order valence-corrected chi connectivity index (χ4v) is 3.60. The van der Waals surface area contributed by atoms with Crippen molar-refractivity contribution in [2.45, 2.75) is 116 Å². The third-order valence-corrected chi connectivity index (χ3v) is 5.48. The summed E-state index contributed by atoms with van der Waals surface area (Å²) in [6.07, 6.45) is 19.7. The summed E-state index contributed by atoms with van der Waals surface area (Å²) in [5, 5.41) is 0. The van der Waals surface area contributed by atoms with E-state index in [9.17, 15) is 0 Å². The van der Waals surface area contributed by atoms with Crippen LogP contribution < -0.4 is 0 Å². The Balaban J connectivity index is 3.00. The normalized spacial score (nSPS) is 12.0. The van der Waals surface area contributed by atoms with Crippen molar-refractivity contribution >= 4 is 8.32 Å². The lowest BCUT2D eigenvalue weighted by atomic mass is 10.0. The Bertz CT molecular complexity index is 238. The molecule has 3 heteroatoms. The molecule has 0 unspecified atom stereocenters. The first-order chi connectivity index (χ1) is 11.6. The minimum Gasteiger partial charge on any atom is -0.415 e. The Labute approximate surface area is 154 Å². The summed E-state index contributed by atoms with van der Waals surface area (Å²) >= 11 is 0. The number of unbranched alkanes of at least 4 members (excludes halogenated alkanes) is 13. The van der Waals surface area contributed by atoms with Crippen molar-refractivity contribution in [1.82, 2.24) is 0 Å². The number of hydrogen-bond donors (Lipinski definition) is 0. The fourth-order valence-electron chi connectivity index (χ4n) is 2.91. The molecule has 0 bridgehead atoms. The van der Waals surface area contributed by atoms with E-state index >= 15 is 0 Å². The van der Waals surface area contributed by atoms with Gasteiger partial charge in [0.2, 0.25) is 0 Å². The Hall–Kier alpha value is 0.137. The quantitative estimate of drug-likeness (QED) is 0.178. The summed E-state index contributed by atoms with van der Waals surface area (Å²) in [4.78, 5) is 0. The Morgan fingerprint density at radius 2 is 0.917 bits per heavy atom. The predicted octanol–water partition coefficient (Wildman–Crippen LogP) is 7.34. The van der Waals surface area contributed by atoms with Crippen LogP contribution in [0, 0.1) is 0 Å². The molecule has 0 aliphatic rings. The van der Waals surface area contributed by atoms with Gasteiger partial charge in [0.15, 0.2) is 8.32 Å². The van der Waals surface area contributed by atoms with Crippen LogP contribution in [0.4, 0.5) is 0 Å². The Kier molecular flexibility index (Phi) is 18.0. The van der Waals surface area contributed by atoms with E-state index in [0.717, 1.165) is 19.8 Å². The average molecular weight is 359 g/mol. The second-order valence-corrected chi connectivity index (χ2v) is 12.7. The van der Waals surface area contributed by atoms with Crippen LogP contribution in [-0.4, -0.2) is 28.1 Å². The predicted molar refractivity (Wildman–Crippen MR) is 110 cm³/mol. The molecular weight excluding hydrogens is 312 g/mol. The standard InChI is InChI=1S/C21H46O2Si/c1-5-6-7-8-9-10-11-12-13-14-15-16-17-18-19-22-20-21-23-24(2,3)4/h5-21H2,1-4H3. The van der Waals surface area contributed by atoms with Gasteiger partial charge in [-0.3, -0.25) is 0 Å². The van der Waals surface area contributed by atoms with Crippen LogP contribution in [0.25, 0.3) is 0 Å². The van der Waals surface area contributed by atoms with Crippen LogP contribution in [-0.2, 0) is 9.16 Å². The molecule has 0 saturated heterocycles. The molecule has 146 valence electrons. The Morgan fingerprint density at radius 3 is 1.33 bits per heavy atom. The highest BCUT2D eigenvalue weighted by Crippen LogP contribution is 2.12. The highest BCUT2D eigenvalue weighted by Gasteiger charge is 2.12. The first kappa shape index (κ1) is 24.1. The van der Waals surface area contributed by atoms with Gasteiger partial charge >= 0.3 is 0 Å². The van der Waals surface area contributed by atoms with Crippen LogP contribution in [0.5, 0.6) is 0 Å². The highest BCUT2D eigenvalue weighted by atomic mass is 28.4. The van der Waals surface area contributed by atoms with Crippen molar-refractivity contribution in [1.29, 1.82) is 0 Å². The minimum absolute atomic E-state index is 0.767. The highest BCUT2D eigenvalue weighted by molar-refractivity contribution is 6.69. The zero-order valence-electron chi connectivity index (χ0n) is 17.3. The molecular formula is C21H46O2Si. The smallest absolute Gasteiger partial charge is 0.183 e. The molecule has 0 heterocycles. The van der Waals surface area contributed by atoms with Gasteiger partial charge < -0.3 is 9.16 Å². The summed E-state index contributed by atoms with van der Waals surface area (Å²) in [7, 11) is -1.35. The SMILES string of the molecule is CCCCCCCCCCCCCCCCOCCO[Si](C)(C)C. The van der Waals surface area contributed by atoms with Crippen molar-refractivity contribution in [2.24, 2.45) is 0 Å². The van der Waals surface area contributed by atoms with Gasteiger partial charge in [-0.05, 0) is 26.1 Å². The molecule has 0 aliphatic heterocycles. The van der Waals surface area contributed by atoms with Gasteiger partial charge in [-0.15, -0.1) is 0 Å². The minimum atomic E-state index is -1.35. The third kappa shape index (κ3) is 22.1. The molecule has 0 aromatic heterocycles. The Morgan fingerprint density at radius 1 is 0.500 bits per heavy atom. The first-order valence-corrected chi connectivity index (χ1v) is 14.2. The molecule has 0 aromatic carbocycles. The van der Waals surface area contributed by atoms with E-state index < -0.39 is 8.32 Å². The van der Waals surface area contributed by atoms with Crippen molar-refractivity contribution in [3.63, 3.8) is 0 Å². The molecule has 0 N–H and O–H groups in total. The number of rotatable bonds is 19. The second-order valence-electron chi connectivity index (χ2n) is 8.17. The topological polar surface area (TPSA) is 18.5 Å². The molecule has 0 saturated carbocycles. The van der Waals surface area contributed by atoms with Crippen molar-refractivity contribution < 1.29 is 9.16 Å². The molecule has 0 spiro atoms. The zero-order chi connectivity index (χ0) is 17.9. The fraction of sp³-hybridized carbons (Fsp3) is 1.00. The van der Waals surface area contributed by atoms with Gasteiger partial charge in [0, 0.05) is 6.61 Å². The maximum absolute atomic E-state index is 5.77. The van der Waals surface area contributed by atoms with Crippen LogP contribution in [0.3, 0.4) is 0 Å². The maximum atomic E-state index is 5.77. The van der Waals surface area contributed by atoms with E-state index in [1.54, 1.807) is 0 Å². The molecule has 0 amide bonds. The van der Waals surface area contributed by atoms with Gasteiger partial charge in [0.1, 0.15) is 0 Å². The van der Waals surface area contributed by atoms with E-state index in [0.29, 0.717) is 0 Å². The van der Waals surface area contributed by atoms with Crippen molar-refractivity contribution in [3.05, 3.63) is 0 Å². The maximum Gasteiger partial charge on any atom is 0.183 e. The molecule has 0 radical (unpaired) electrons. The van der Waals surface area contributed by atoms with Crippen molar-refractivity contribution in [2.75, 3.05) is 19.8 Å². The van der Waals surface area contributed by atoms with Crippen LogP contribution in [0.2, 0.25) is 19.6 Å². The van der Waals surface area contributed by atoms with Crippen LogP contribution in [0.15, 0.2) is 0 Å². The molecule has 2 nitrogen and oxygen atoms in total. The molecule has 0 atom stereocenters. The second kappa shape index (κ2) is 17.9. The molecule has 0 fully saturated rings. The lowest BCUT2D eigenvalue weighted by molar-refractivity contribution is 0.0949. The number of hydrogen-bond acceptors (Lipinski definition) is 2. The molecule has 0 rings (SSSR count). The van der Waals surface area contributed by atoms with E-state index in [4.69, 9.17) is 9.16 Å². The summed E-state index contributed by atoms with van der Waals surface area (Å²) < 4.78 is 11.4. The first-order valence-electron chi connectivity index (χ1n) is 10.8.